The highest BCUT2D eigenvalue weighted by Gasteiger charge is 2.22. The number of hydrogen-bond acceptors (Lipinski definition) is 3. The van der Waals surface area contributed by atoms with Crippen molar-refractivity contribution in [3.63, 3.8) is 0 Å². The number of Topliss-reactive ketones (excluding diaryl/α,β-unsaturated/α-hetero) is 1. The first-order valence-electron chi connectivity index (χ1n) is 6.50. The molecule has 2 rings (SSSR count). The summed E-state index contributed by atoms with van der Waals surface area (Å²) in [6.45, 7) is 7.47. The van der Waals surface area contributed by atoms with Crippen molar-refractivity contribution in [2.24, 2.45) is 0 Å². The Balaban J connectivity index is 2.03. The van der Waals surface area contributed by atoms with Gasteiger partial charge in [0.1, 0.15) is 0 Å². The zero-order chi connectivity index (χ0) is 13.1. The largest absolute Gasteiger partial charge is 0.378 e. The van der Waals surface area contributed by atoms with Crippen LogP contribution in [0.2, 0.25) is 0 Å². The molecule has 98 valence electrons. The van der Waals surface area contributed by atoms with Crippen LogP contribution in [0.25, 0.3) is 0 Å². The van der Waals surface area contributed by atoms with Gasteiger partial charge in [0.05, 0.1) is 13.2 Å². The van der Waals surface area contributed by atoms with Gasteiger partial charge in [-0.1, -0.05) is 23.8 Å². The predicted octanol–water partition coefficient (Wildman–Crippen LogP) is 2.25. The van der Waals surface area contributed by atoms with E-state index in [0.29, 0.717) is 19.1 Å². The van der Waals surface area contributed by atoms with Crippen molar-refractivity contribution in [1.29, 1.82) is 0 Å². The Bertz CT molecular complexity index is 442. The highest BCUT2D eigenvalue weighted by Crippen LogP contribution is 2.15. The maximum atomic E-state index is 12.3. The standard InChI is InChI=1S/C15H21NO2/c1-10-4-5-14(11(2)6-10)15(17)7-13-9-18-8-12(3)16-13/h4-6,12-13,16H,7-9H2,1-3H3. The van der Waals surface area contributed by atoms with Crippen LogP contribution in [0, 0.1) is 13.8 Å². The summed E-state index contributed by atoms with van der Waals surface area (Å²) >= 11 is 0. The predicted molar refractivity (Wildman–Crippen MR) is 72.1 cm³/mol. The van der Waals surface area contributed by atoms with E-state index in [0.717, 1.165) is 17.7 Å². The molecule has 0 saturated carbocycles. The number of morpholine rings is 1. The van der Waals surface area contributed by atoms with Crippen LogP contribution in [0.5, 0.6) is 0 Å². The van der Waals surface area contributed by atoms with Gasteiger partial charge in [-0.25, -0.2) is 0 Å². The van der Waals surface area contributed by atoms with E-state index in [1.807, 2.05) is 26.0 Å². The molecule has 0 spiro atoms. The zero-order valence-corrected chi connectivity index (χ0v) is 11.3. The average molecular weight is 247 g/mol. The molecule has 1 fully saturated rings. The average Bonchev–Trinajstić information content (AvgIpc) is 2.28. The maximum absolute atomic E-state index is 12.3. The van der Waals surface area contributed by atoms with Crippen LogP contribution < -0.4 is 5.32 Å². The van der Waals surface area contributed by atoms with E-state index in [-0.39, 0.29) is 11.8 Å². The molecule has 3 nitrogen and oxygen atoms in total. The van der Waals surface area contributed by atoms with Gasteiger partial charge in [-0.2, -0.15) is 0 Å². The van der Waals surface area contributed by atoms with Gasteiger partial charge < -0.3 is 10.1 Å². The Hall–Kier alpha value is -1.19. The molecule has 0 bridgehead atoms. The lowest BCUT2D eigenvalue weighted by atomic mass is 9.97. The summed E-state index contributed by atoms with van der Waals surface area (Å²) in [6.07, 6.45) is 0.508. The summed E-state index contributed by atoms with van der Waals surface area (Å²) in [6, 6.07) is 6.45. The van der Waals surface area contributed by atoms with E-state index < -0.39 is 0 Å². The molecule has 0 amide bonds. The highest BCUT2D eigenvalue weighted by molar-refractivity contribution is 5.97. The van der Waals surface area contributed by atoms with Crippen LogP contribution in [-0.2, 0) is 4.74 Å². The maximum Gasteiger partial charge on any atom is 0.164 e. The second kappa shape index (κ2) is 5.63. The normalized spacial score (nSPS) is 23.9. The summed E-state index contributed by atoms with van der Waals surface area (Å²) in [5.74, 6) is 0.197. The topological polar surface area (TPSA) is 38.3 Å². The summed E-state index contributed by atoms with van der Waals surface area (Å²) in [4.78, 5) is 12.3. The van der Waals surface area contributed by atoms with Crippen molar-refractivity contribution < 1.29 is 9.53 Å². The van der Waals surface area contributed by atoms with E-state index in [2.05, 4.69) is 18.3 Å². The molecule has 1 heterocycles. The van der Waals surface area contributed by atoms with Crippen LogP contribution in [0.3, 0.4) is 0 Å². The van der Waals surface area contributed by atoms with Gasteiger partial charge in [-0.15, -0.1) is 0 Å². The lowest BCUT2D eigenvalue weighted by Crippen LogP contribution is -2.48. The SMILES string of the molecule is Cc1ccc(C(=O)CC2COCC(C)N2)c(C)c1. The quantitative estimate of drug-likeness (QED) is 0.833. The molecule has 1 aromatic carbocycles. The molecule has 2 atom stereocenters. The van der Waals surface area contributed by atoms with Gasteiger partial charge in [0.15, 0.2) is 5.78 Å². The number of ether oxygens (including phenoxy) is 1. The molecular formula is C15H21NO2. The number of carbonyl (C=O) groups is 1. The second-order valence-corrected chi connectivity index (χ2v) is 5.25. The Morgan fingerprint density at radius 1 is 1.39 bits per heavy atom. The Morgan fingerprint density at radius 3 is 2.83 bits per heavy atom. The van der Waals surface area contributed by atoms with Gasteiger partial charge in [0, 0.05) is 24.1 Å². The van der Waals surface area contributed by atoms with E-state index in [1.54, 1.807) is 0 Å². The number of nitrogens with one attached hydrogen (secondary N) is 1. The summed E-state index contributed by atoms with van der Waals surface area (Å²) < 4.78 is 5.47. The van der Waals surface area contributed by atoms with Crippen molar-refractivity contribution in [2.75, 3.05) is 13.2 Å². The molecule has 1 aromatic rings. The molecule has 1 aliphatic heterocycles. The Labute approximate surface area is 109 Å². The number of rotatable bonds is 3. The van der Waals surface area contributed by atoms with Crippen molar-refractivity contribution in [1.82, 2.24) is 5.32 Å². The van der Waals surface area contributed by atoms with Crippen molar-refractivity contribution in [3.8, 4) is 0 Å². The Morgan fingerprint density at radius 2 is 2.17 bits per heavy atom. The first kappa shape index (κ1) is 13.2. The minimum atomic E-state index is 0.141. The molecule has 0 aliphatic carbocycles. The smallest absolute Gasteiger partial charge is 0.164 e. The monoisotopic (exact) mass is 247 g/mol. The van der Waals surface area contributed by atoms with E-state index in [4.69, 9.17) is 4.74 Å². The summed E-state index contributed by atoms with van der Waals surface area (Å²) in [7, 11) is 0. The minimum Gasteiger partial charge on any atom is -0.378 e. The van der Waals surface area contributed by atoms with Crippen molar-refractivity contribution >= 4 is 5.78 Å². The number of ketones is 1. The number of benzene rings is 1. The van der Waals surface area contributed by atoms with Gasteiger partial charge in [-0.05, 0) is 26.3 Å². The number of hydrogen-bond donors (Lipinski definition) is 1. The van der Waals surface area contributed by atoms with Crippen LogP contribution in [-0.4, -0.2) is 31.1 Å². The van der Waals surface area contributed by atoms with Crippen molar-refractivity contribution in [3.05, 3.63) is 34.9 Å². The Kier molecular flexibility index (Phi) is 4.15. The van der Waals surface area contributed by atoms with Gasteiger partial charge in [0.2, 0.25) is 0 Å². The second-order valence-electron chi connectivity index (χ2n) is 5.25. The van der Waals surface area contributed by atoms with Gasteiger partial charge >= 0.3 is 0 Å². The summed E-state index contributed by atoms with van der Waals surface area (Å²) in [5, 5.41) is 3.40. The zero-order valence-electron chi connectivity index (χ0n) is 11.3. The first-order valence-corrected chi connectivity index (χ1v) is 6.50. The number of carbonyl (C=O) groups excluding carboxylic acids is 1. The van der Waals surface area contributed by atoms with E-state index >= 15 is 0 Å². The summed E-state index contributed by atoms with van der Waals surface area (Å²) in [5.41, 5.74) is 3.09. The lowest BCUT2D eigenvalue weighted by Gasteiger charge is -2.28. The van der Waals surface area contributed by atoms with Gasteiger partial charge in [-0.3, -0.25) is 4.79 Å². The van der Waals surface area contributed by atoms with E-state index in [9.17, 15) is 4.79 Å². The molecule has 0 radical (unpaired) electrons. The fourth-order valence-electron chi connectivity index (χ4n) is 2.46. The van der Waals surface area contributed by atoms with Crippen molar-refractivity contribution in [2.45, 2.75) is 39.3 Å². The third kappa shape index (κ3) is 3.18. The van der Waals surface area contributed by atoms with Gasteiger partial charge in [0.25, 0.3) is 0 Å². The molecule has 3 heteroatoms. The fraction of sp³-hybridized carbons (Fsp3) is 0.533. The van der Waals surface area contributed by atoms with Crippen LogP contribution >= 0.6 is 0 Å². The van der Waals surface area contributed by atoms with Crippen LogP contribution in [0.4, 0.5) is 0 Å². The molecule has 18 heavy (non-hydrogen) atoms. The fourth-order valence-corrected chi connectivity index (χ4v) is 2.46. The van der Waals surface area contributed by atoms with Crippen LogP contribution in [0.1, 0.15) is 34.8 Å². The highest BCUT2D eigenvalue weighted by atomic mass is 16.5. The molecule has 1 N–H and O–H groups in total. The molecule has 1 saturated heterocycles. The minimum absolute atomic E-state index is 0.141. The molecule has 1 aliphatic rings. The number of aryl methyl sites for hydroxylation is 2. The third-order valence-electron chi connectivity index (χ3n) is 3.32. The molecular weight excluding hydrogens is 226 g/mol. The lowest BCUT2D eigenvalue weighted by molar-refractivity contribution is 0.0463. The van der Waals surface area contributed by atoms with E-state index in [1.165, 1.54) is 5.56 Å². The first-order chi connectivity index (χ1) is 8.56. The van der Waals surface area contributed by atoms with Crippen LogP contribution in [0.15, 0.2) is 18.2 Å². The molecule has 2 unspecified atom stereocenters. The molecule has 0 aromatic heterocycles. The third-order valence-corrected chi connectivity index (χ3v) is 3.32.